The molecule has 1 amide bonds. The third kappa shape index (κ3) is 6.39. The summed E-state index contributed by atoms with van der Waals surface area (Å²) in [7, 11) is -3.76. The van der Waals surface area contributed by atoms with E-state index in [0.717, 1.165) is 22.2 Å². The van der Waals surface area contributed by atoms with Crippen molar-refractivity contribution in [1.29, 1.82) is 0 Å². The van der Waals surface area contributed by atoms with E-state index >= 15 is 0 Å². The number of carbonyl (C=O) groups is 2. The minimum Gasteiger partial charge on any atom is -0.489 e. The molecule has 4 rings (SSSR count). The molecule has 2 aromatic carbocycles. The molecule has 0 radical (unpaired) electrons. The fourth-order valence-corrected chi connectivity index (χ4v) is 6.86. The third-order valence-electron chi connectivity index (χ3n) is 6.74. The fourth-order valence-electron chi connectivity index (χ4n) is 5.05. The van der Waals surface area contributed by atoms with E-state index in [-0.39, 0.29) is 42.0 Å². The van der Waals surface area contributed by atoms with Crippen LogP contribution in [0, 0.1) is 18.3 Å². The Morgan fingerprint density at radius 2 is 1.79 bits per heavy atom. The van der Waals surface area contributed by atoms with E-state index in [1.54, 1.807) is 17.0 Å². The number of ketones is 1. The van der Waals surface area contributed by atoms with Crippen LogP contribution in [0.5, 0.6) is 5.75 Å². The smallest absolute Gasteiger partial charge is 0.222 e. The number of amides is 1. The van der Waals surface area contributed by atoms with E-state index in [0.29, 0.717) is 18.8 Å². The number of sulfone groups is 1. The number of hydrogen-bond acceptors (Lipinski definition) is 7. The van der Waals surface area contributed by atoms with Gasteiger partial charge >= 0.3 is 0 Å². The summed E-state index contributed by atoms with van der Waals surface area (Å²) in [6, 6.07) is 16.0. The van der Waals surface area contributed by atoms with Gasteiger partial charge in [0.2, 0.25) is 5.91 Å². The van der Waals surface area contributed by atoms with Crippen molar-refractivity contribution in [2.75, 3.05) is 25.4 Å². The molecule has 38 heavy (non-hydrogen) atoms. The number of para-hydroxylation sites is 1. The Morgan fingerprint density at radius 1 is 1.11 bits per heavy atom. The molecule has 0 spiro atoms. The van der Waals surface area contributed by atoms with Gasteiger partial charge in [-0.2, -0.15) is 0 Å². The van der Waals surface area contributed by atoms with Crippen molar-refractivity contribution in [3.8, 4) is 5.75 Å². The number of fused-ring (bicyclic) bond motifs is 1. The second kappa shape index (κ2) is 11.2. The monoisotopic (exact) mass is 538 g/mol. The van der Waals surface area contributed by atoms with E-state index in [2.05, 4.69) is 4.98 Å². The van der Waals surface area contributed by atoms with Gasteiger partial charge in [-0.3, -0.25) is 14.6 Å². The van der Waals surface area contributed by atoms with Gasteiger partial charge in [0, 0.05) is 48.0 Å². The van der Waals surface area contributed by atoms with Crippen LogP contribution in [0.4, 0.5) is 0 Å². The molecule has 1 N–H and O–H groups in total. The third-order valence-corrected chi connectivity index (χ3v) is 8.72. The number of aryl methyl sites for hydroxylation is 1. The Labute approximate surface area is 223 Å². The standard InChI is InChI=1S/C29H34N2O6S/c1-20(2)12-28(34)31-17-29(18-31,14-23(33)15-32)19-38(35,36)25-10-8-24(9-11-25)37-16-22-13-21(3)30-27-7-5-4-6-26(22)27/h4-11,13,20,32H,12,14-19H2,1-3H3. The van der Waals surface area contributed by atoms with E-state index in [1.165, 1.54) is 12.1 Å². The van der Waals surface area contributed by atoms with Gasteiger partial charge in [0.1, 0.15) is 19.0 Å². The van der Waals surface area contributed by atoms with Crippen LogP contribution in [-0.2, 0) is 26.0 Å². The van der Waals surface area contributed by atoms with E-state index in [1.807, 2.05) is 51.1 Å². The number of nitrogens with zero attached hydrogens (tertiary/aromatic N) is 2. The maximum absolute atomic E-state index is 13.3. The number of aliphatic hydroxyl groups is 1. The molecule has 0 saturated carbocycles. The van der Waals surface area contributed by atoms with Crippen molar-refractivity contribution < 1.29 is 27.9 Å². The van der Waals surface area contributed by atoms with Gasteiger partial charge < -0.3 is 14.7 Å². The highest BCUT2D eigenvalue weighted by Gasteiger charge is 2.49. The van der Waals surface area contributed by atoms with Crippen molar-refractivity contribution in [2.45, 2.75) is 45.1 Å². The first-order chi connectivity index (χ1) is 18.0. The van der Waals surface area contributed by atoms with Crippen LogP contribution < -0.4 is 4.74 Å². The highest BCUT2D eigenvalue weighted by molar-refractivity contribution is 7.91. The van der Waals surface area contributed by atoms with Gasteiger partial charge in [-0.05, 0) is 49.2 Å². The molecule has 0 bridgehead atoms. The maximum atomic E-state index is 13.3. The molecule has 1 aliphatic rings. The number of Topliss-reactive ketones (excluding diaryl/α,β-unsaturated/α-hetero) is 1. The summed E-state index contributed by atoms with van der Waals surface area (Å²) < 4.78 is 32.6. The molecule has 1 fully saturated rings. The molecule has 9 heteroatoms. The number of likely N-dealkylation sites (tertiary alicyclic amines) is 1. The lowest BCUT2D eigenvalue weighted by atomic mass is 9.77. The Hall–Kier alpha value is -3.30. The first kappa shape index (κ1) is 27.7. The van der Waals surface area contributed by atoms with Crippen LogP contribution >= 0.6 is 0 Å². The molecule has 3 aromatic rings. The summed E-state index contributed by atoms with van der Waals surface area (Å²) in [6.45, 7) is 5.84. The molecule has 1 saturated heterocycles. The Balaban J connectivity index is 1.45. The largest absolute Gasteiger partial charge is 0.489 e. The average molecular weight is 539 g/mol. The van der Waals surface area contributed by atoms with Gasteiger partial charge in [0.05, 0.1) is 16.2 Å². The Bertz CT molecular complexity index is 1430. The molecule has 0 atom stereocenters. The highest BCUT2D eigenvalue weighted by Crippen LogP contribution is 2.38. The van der Waals surface area contributed by atoms with E-state index in [9.17, 15) is 23.1 Å². The van der Waals surface area contributed by atoms with Gasteiger partial charge in [-0.1, -0.05) is 32.0 Å². The predicted molar refractivity (Wildman–Crippen MR) is 144 cm³/mol. The van der Waals surface area contributed by atoms with Gasteiger partial charge in [-0.25, -0.2) is 8.42 Å². The summed E-state index contributed by atoms with van der Waals surface area (Å²) in [5.74, 6) is -0.0503. The number of aromatic nitrogens is 1. The van der Waals surface area contributed by atoms with Gasteiger partial charge in [-0.15, -0.1) is 0 Å². The number of carbonyl (C=O) groups excluding carboxylic acids is 2. The lowest BCUT2D eigenvalue weighted by Crippen LogP contribution is -2.62. The normalized spacial score (nSPS) is 14.9. The lowest BCUT2D eigenvalue weighted by molar-refractivity contribution is -0.146. The van der Waals surface area contributed by atoms with E-state index < -0.39 is 27.6 Å². The zero-order valence-electron chi connectivity index (χ0n) is 22.0. The summed E-state index contributed by atoms with van der Waals surface area (Å²) in [4.78, 5) is 30.8. The Kier molecular flexibility index (Phi) is 8.18. The van der Waals surface area contributed by atoms with Crippen LogP contribution in [0.15, 0.2) is 59.5 Å². The maximum Gasteiger partial charge on any atom is 0.222 e. The number of rotatable bonds is 11. The molecule has 8 nitrogen and oxygen atoms in total. The average Bonchev–Trinajstić information content (AvgIpc) is 2.84. The number of hydrogen-bond donors (Lipinski definition) is 1. The van der Waals surface area contributed by atoms with Crippen LogP contribution in [0.1, 0.15) is 37.9 Å². The minimum absolute atomic E-state index is 0.0526. The lowest BCUT2D eigenvalue weighted by Gasteiger charge is -2.50. The van der Waals surface area contributed by atoms with Crippen LogP contribution in [0.2, 0.25) is 0 Å². The molecule has 202 valence electrons. The first-order valence-corrected chi connectivity index (χ1v) is 14.4. The molecular weight excluding hydrogens is 504 g/mol. The summed E-state index contributed by atoms with van der Waals surface area (Å²) >= 11 is 0. The van der Waals surface area contributed by atoms with Gasteiger partial charge in [0.25, 0.3) is 0 Å². The molecule has 0 aliphatic carbocycles. The minimum atomic E-state index is -3.76. The number of aliphatic hydroxyl groups excluding tert-OH is 1. The fraction of sp³-hybridized carbons (Fsp3) is 0.414. The number of ether oxygens (including phenoxy) is 1. The van der Waals surface area contributed by atoms with E-state index in [4.69, 9.17) is 4.74 Å². The van der Waals surface area contributed by atoms with Crippen molar-refractivity contribution >= 4 is 32.4 Å². The predicted octanol–water partition coefficient (Wildman–Crippen LogP) is 3.72. The van der Waals surface area contributed by atoms with Crippen LogP contribution in [0.3, 0.4) is 0 Å². The highest BCUT2D eigenvalue weighted by atomic mass is 32.2. The molecule has 1 aliphatic heterocycles. The van der Waals surface area contributed by atoms with Crippen LogP contribution in [-0.4, -0.2) is 60.5 Å². The van der Waals surface area contributed by atoms with Crippen molar-refractivity contribution in [2.24, 2.45) is 11.3 Å². The zero-order valence-corrected chi connectivity index (χ0v) is 22.8. The quantitative estimate of drug-likeness (QED) is 0.396. The molecule has 1 aromatic heterocycles. The van der Waals surface area contributed by atoms with Crippen molar-refractivity contribution in [3.05, 3.63) is 65.9 Å². The summed E-state index contributed by atoms with van der Waals surface area (Å²) in [5, 5.41) is 10.3. The Morgan fingerprint density at radius 3 is 2.45 bits per heavy atom. The van der Waals surface area contributed by atoms with Crippen LogP contribution in [0.25, 0.3) is 10.9 Å². The first-order valence-electron chi connectivity index (χ1n) is 12.7. The zero-order chi connectivity index (χ0) is 27.5. The number of benzene rings is 2. The second-order valence-electron chi connectivity index (χ2n) is 10.7. The van der Waals surface area contributed by atoms with Crippen molar-refractivity contribution in [3.63, 3.8) is 0 Å². The second-order valence-corrected chi connectivity index (χ2v) is 12.7. The summed E-state index contributed by atoms with van der Waals surface area (Å²) in [6.07, 6.45) is 0.280. The molecule has 2 heterocycles. The SMILES string of the molecule is Cc1cc(COc2ccc(S(=O)(=O)CC3(CC(=O)CO)CN(C(=O)CC(C)C)C3)cc2)c2ccccc2n1. The summed E-state index contributed by atoms with van der Waals surface area (Å²) in [5.41, 5.74) is 1.86. The topological polar surface area (TPSA) is 114 Å². The molecular formula is C29H34N2O6S. The number of pyridine rings is 1. The van der Waals surface area contributed by atoms with Gasteiger partial charge in [0.15, 0.2) is 15.6 Å². The molecule has 0 unspecified atom stereocenters. The van der Waals surface area contributed by atoms with Crippen molar-refractivity contribution in [1.82, 2.24) is 9.88 Å².